The van der Waals surface area contributed by atoms with E-state index in [2.05, 4.69) is 0 Å². The molecule has 0 aliphatic carbocycles. The second kappa shape index (κ2) is 7.29. The number of fused-ring (bicyclic) bond motifs is 3. The molecule has 5 rings (SSSR count). The monoisotopic (exact) mass is 429 g/mol. The largest absolute Gasteiger partial charge is 0.338 e. The van der Waals surface area contributed by atoms with Crippen LogP contribution in [0.25, 0.3) is 27.6 Å². The van der Waals surface area contributed by atoms with Gasteiger partial charge < -0.3 is 4.57 Å². The molecule has 2 aromatic heterocycles. The van der Waals surface area contributed by atoms with Gasteiger partial charge in [0, 0.05) is 17.5 Å². The van der Waals surface area contributed by atoms with Crippen LogP contribution in [0.4, 0.5) is 0 Å². The van der Waals surface area contributed by atoms with Crippen molar-refractivity contribution >= 4 is 33.5 Å². The molecule has 6 heteroatoms. The number of halogens is 1. The quantitative estimate of drug-likeness (QED) is 0.419. The van der Waals surface area contributed by atoms with E-state index in [4.69, 9.17) is 11.6 Å². The zero-order valence-corrected chi connectivity index (χ0v) is 17.9. The molecule has 0 aliphatic heterocycles. The van der Waals surface area contributed by atoms with Gasteiger partial charge in [0.15, 0.2) is 0 Å². The zero-order valence-electron chi connectivity index (χ0n) is 17.2. The first-order valence-corrected chi connectivity index (χ1v) is 10.4. The molecule has 0 radical (unpaired) electrons. The van der Waals surface area contributed by atoms with Gasteiger partial charge in [-0.05, 0) is 42.8 Å². The number of hydrogen-bond donors (Lipinski definition) is 0. The highest BCUT2D eigenvalue weighted by Gasteiger charge is 2.21. The Bertz CT molecular complexity index is 1580. The number of rotatable bonds is 3. The minimum absolute atomic E-state index is 0.351. The predicted octanol–water partition coefficient (Wildman–Crippen LogP) is 4.65. The second-order valence-corrected chi connectivity index (χ2v) is 8.19. The van der Waals surface area contributed by atoms with E-state index in [-0.39, 0.29) is 5.56 Å². The molecule has 0 amide bonds. The molecular formula is C25H20ClN3O2. The van der Waals surface area contributed by atoms with Crippen molar-refractivity contribution in [2.24, 2.45) is 7.05 Å². The maximum absolute atomic E-state index is 13.7. The molecule has 0 saturated heterocycles. The summed E-state index contributed by atoms with van der Waals surface area (Å²) in [4.78, 5) is 27.4. The normalized spacial score (nSPS) is 11.5. The van der Waals surface area contributed by atoms with E-state index in [0.29, 0.717) is 28.3 Å². The summed E-state index contributed by atoms with van der Waals surface area (Å²) in [6, 6.07) is 22.6. The van der Waals surface area contributed by atoms with Crippen LogP contribution < -0.4 is 11.2 Å². The summed E-state index contributed by atoms with van der Waals surface area (Å²) in [5.74, 6) is 0. The van der Waals surface area contributed by atoms with Crippen LogP contribution in [0.3, 0.4) is 0 Å². The average molecular weight is 430 g/mol. The van der Waals surface area contributed by atoms with E-state index >= 15 is 0 Å². The molecule has 0 saturated carbocycles. The lowest BCUT2D eigenvalue weighted by Crippen LogP contribution is -2.39. The van der Waals surface area contributed by atoms with Gasteiger partial charge in [0.25, 0.3) is 5.56 Å². The van der Waals surface area contributed by atoms with Crippen LogP contribution in [0, 0.1) is 6.92 Å². The zero-order chi connectivity index (χ0) is 21.7. The van der Waals surface area contributed by atoms with Crippen LogP contribution in [-0.4, -0.2) is 13.7 Å². The first-order valence-electron chi connectivity index (χ1n) is 10.00. The van der Waals surface area contributed by atoms with Gasteiger partial charge in [-0.25, -0.2) is 9.36 Å². The van der Waals surface area contributed by atoms with Gasteiger partial charge >= 0.3 is 5.69 Å². The maximum atomic E-state index is 13.7. The van der Waals surface area contributed by atoms with Crippen molar-refractivity contribution < 1.29 is 0 Å². The number of aryl methyl sites for hydroxylation is 2. The summed E-state index contributed by atoms with van der Waals surface area (Å²) >= 11 is 6.17. The molecule has 0 fully saturated rings. The van der Waals surface area contributed by atoms with Gasteiger partial charge in [0.2, 0.25) is 0 Å². The second-order valence-electron chi connectivity index (χ2n) is 7.75. The molecular weight excluding hydrogens is 410 g/mol. The highest BCUT2D eigenvalue weighted by atomic mass is 35.5. The molecule has 2 heterocycles. The summed E-state index contributed by atoms with van der Waals surface area (Å²) in [7, 11) is 1.86. The number of aromatic nitrogens is 3. The van der Waals surface area contributed by atoms with E-state index in [1.165, 1.54) is 4.57 Å². The van der Waals surface area contributed by atoms with Crippen LogP contribution in [0.5, 0.6) is 0 Å². The standard InChI is InChI=1S/C25H20ClN3O2/c1-16-11-12-21-20(13-16)22-23(27(21)2)24(30)29(19-10-6-9-18(26)14-19)25(31)28(22)15-17-7-4-3-5-8-17/h3-14H,15H2,1-2H3. The molecule has 0 bridgehead atoms. The highest BCUT2D eigenvalue weighted by molar-refractivity contribution is 6.30. The molecule has 31 heavy (non-hydrogen) atoms. The topological polar surface area (TPSA) is 48.9 Å². The average Bonchev–Trinajstić information content (AvgIpc) is 3.04. The Kier molecular flexibility index (Phi) is 4.56. The van der Waals surface area contributed by atoms with Crippen LogP contribution in [0.2, 0.25) is 5.02 Å². The van der Waals surface area contributed by atoms with E-state index in [0.717, 1.165) is 22.0 Å². The molecule has 3 aromatic carbocycles. The molecule has 154 valence electrons. The van der Waals surface area contributed by atoms with Gasteiger partial charge in [-0.15, -0.1) is 0 Å². The van der Waals surface area contributed by atoms with Crippen LogP contribution in [0.15, 0.2) is 82.4 Å². The summed E-state index contributed by atoms with van der Waals surface area (Å²) in [5.41, 5.74) is 3.79. The number of hydrogen-bond acceptors (Lipinski definition) is 2. The number of benzene rings is 3. The van der Waals surface area contributed by atoms with E-state index in [1.54, 1.807) is 28.8 Å². The van der Waals surface area contributed by atoms with Gasteiger partial charge in [0.05, 0.1) is 23.3 Å². The molecule has 0 spiro atoms. The molecule has 5 aromatic rings. The van der Waals surface area contributed by atoms with Gasteiger partial charge in [0.1, 0.15) is 5.52 Å². The van der Waals surface area contributed by atoms with E-state index < -0.39 is 5.69 Å². The molecule has 5 nitrogen and oxygen atoms in total. The van der Waals surface area contributed by atoms with Crippen molar-refractivity contribution in [2.75, 3.05) is 0 Å². The third-order valence-corrected chi connectivity index (χ3v) is 5.91. The number of nitrogens with zero attached hydrogens (tertiary/aromatic N) is 3. The van der Waals surface area contributed by atoms with Crippen molar-refractivity contribution in [1.29, 1.82) is 0 Å². The van der Waals surface area contributed by atoms with Crippen LogP contribution in [-0.2, 0) is 13.6 Å². The Morgan fingerprint density at radius 2 is 1.65 bits per heavy atom. The van der Waals surface area contributed by atoms with Crippen molar-refractivity contribution in [3.63, 3.8) is 0 Å². The Morgan fingerprint density at radius 1 is 0.871 bits per heavy atom. The van der Waals surface area contributed by atoms with Gasteiger partial charge in [-0.3, -0.25) is 9.36 Å². The van der Waals surface area contributed by atoms with Crippen LogP contribution in [0.1, 0.15) is 11.1 Å². The molecule has 0 N–H and O–H groups in total. The minimum Gasteiger partial charge on any atom is -0.338 e. The maximum Gasteiger partial charge on any atom is 0.336 e. The fourth-order valence-electron chi connectivity index (χ4n) is 4.22. The van der Waals surface area contributed by atoms with Crippen molar-refractivity contribution in [3.8, 4) is 5.69 Å². The third kappa shape index (κ3) is 3.09. The van der Waals surface area contributed by atoms with Gasteiger partial charge in [-0.2, -0.15) is 0 Å². The SMILES string of the molecule is Cc1ccc2c(c1)c1c(c(=O)n(-c3cccc(Cl)c3)c(=O)n1Cc1ccccc1)n2C. The lowest BCUT2D eigenvalue weighted by Gasteiger charge is -2.13. The lowest BCUT2D eigenvalue weighted by molar-refractivity contribution is 0.713. The summed E-state index contributed by atoms with van der Waals surface area (Å²) in [6.45, 7) is 2.36. The molecule has 0 unspecified atom stereocenters. The first kappa shape index (κ1) is 19.4. The van der Waals surface area contributed by atoms with Gasteiger partial charge in [-0.1, -0.05) is 59.6 Å². The Labute approximate surface area is 183 Å². The highest BCUT2D eigenvalue weighted by Crippen LogP contribution is 2.27. The van der Waals surface area contributed by atoms with E-state index in [9.17, 15) is 9.59 Å². The molecule has 0 aliphatic rings. The Morgan fingerprint density at radius 3 is 2.39 bits per heavy atom. The fraction of sp³-hybridized carbons (Fsp3) is 0.120. The Hall–Kier alpha value is -3.57. The minimum atomic E-state index is -0.391. The lowest BCUT2D eigenvalue weighted by atomic mass is 10.1. The van der Waals surface area contributed by atoms with Crippen molar-refractivity contribution in [2.45, 2.75) is 13.5 Å². The van der Waals surface area contributed by atoms with Crippen molar-refractivity contribution in [1.82, 2.24) is 13.7 Å². The van der Waals surface area contributed by atoms with E-state index in [1.807, 2.05) is 67.1 Å². The van der Waals surface area contributed by atoms with Crippen molar-refractivity contribution in [3.05, 3.63) is 110 Å². The fourth-order valence-corrected chi connectivity index (χ4v) is 4.41. The first-order chi connectivity index (χ1) is 15.0. The van der Waals surface area contributed by atoms with Crippen LogP contribution >= 0.6 is 11.6 Å². The molecule has 0 atom stereocenters. The summed E-state index contributed by atoms with van der Waals surface area (Å²) < 4.78 is 4.77. The summed E-state index contributed by atoms with van der Waals surface area (Å²) in [6.07, 6.45) is 0. The smallest absolute Gasteiger partial charge is 0.336 e. The Balaban J connectivity index is 1.97. The summed E-state index contributed by atoms with van der Waals surface area (Å²) in [5, 5.41) is 1.35. The third-order valence-electron chi connectivity index (χ3n) is 5.68. The predicted molar refractivity (Wildman–Crippen MR) is 126 cm³/mol.